The van der Waals surface area contributed by atoms with Gasteiger partial charge in [0.25, 0.3) is 0 Å². The minimum atomic E-state index is 0.168. The minimum absolute atomic E-state index is 0.168. The maximum absolute atomic E-state index is 11.5. The number of carbonyl (C=O) groups is 1. The van der Waals surface area contributed by atoms with Crippen LogP contribution in [0.4, 0.5) is 0 Å². The lowest BCUT2D eigenvalue weighted by Gasteiger charge is -2.14. The van der Waals surface area contributed by atoms with Crippen molar-refractivity contribution in [1.82, 2.24) is 14.8 Å². The van der Waals surface area contributed by atoms with Gasteiger partial charge in [0.05, 0.1) is 0 Å². The van der Waals surface area contributed by atoms with Crippen molar-refractivity contribution in [2.45, 2.75) is 39.4 Å². The van der Waals surface area contributed by atoms with Gasteiger partial charge in [-0.2, -0.15) is 0 Å². The summed E-state index contributed by atoms with van der Waals surface area (Å²) in [6, 6.07) is 4.59. The summed E-state index contributed by atoms with van der Waals surface area (Å²) in [6.45, 7) is 5.85. The lowest BCUT2D eigenvalue weighted by molar-refractivity contribution is -0.128. The summed E-state index contributed by atoms with van der Waals surface area (Å²) in [7, 11) is 3.58. The van der Waals surface area contributed by atoms with Crippen LogP contribution in [0.3, 0.4) is 0 Å². The Hall–Kier alpha value is -1.29. The fourth-order valence-corrected chi connectivity index (χ4v) is 1.58. The van der Waals surface area contributed by atoms with Crippen LogP contribution in [-0.2, 0) is 17.9 Å². The molecule has 0 spiro atoms. The smallest absolute Gasteiger partial charge is 0.223 e. The summed E-state index contributed by atoms with van der Waals surface area (Å²) in [5.74, 6) is 0.168. The standard InChI is InChI=1S/C13H23N3O/c1-11(2)14-10-12-6-5-8-16(12)9-7-13(17)15(3)4/h5-6,8,11,14H,7,9-10H2,1-4H3. The highest BCUT2D eigenvalue weighted by atomic mass is 16.2. The third-order valence-electron chi connectivity index (χ3n) is 2.68. The molecular weight excluding hydrogens is 214 g/mol. The van der Waals surface area contributed by atoms with E-state index in [9.17, 15) is 4.79 Å². The highest BCUT2D eigenvalue weighted by molar-refractivity contribution is 5.75. The molecule has 0 fully saturated rings. The molecule has 0 aliphatic heterocycles. The molecule has 17 heavy (non-hydrogen) atoms. The monoisotopic (exact) mass is 237 g/mol. The van der Waals surface area contributed by atoms with E-state index in [0.29, 0.717) is 12.5 Å². The van der Waals surface area contributed by atoms with Crippen molar-refractivity contribution in [2.24, 2.45) is 0 Å². The molecule has 1 amide bonds. The Balaban J connectivity index is 2.48. The molecule has 1 aromatic rings. The number of amides is 1. The van der Waals surface area contributed by atoms with E-state index >= 15 is 0 Å². The zero-order valence-electron chi connectivity index (χ0n) is 11.2. The van der Waals surface area contributed by atoms with E-state index in [0.717, 1.165) is 13.1 Å². The van der Waals surface area contributed by atoms with Crippen molar-refractivity contribution < 1.29 is 4.79 Å². The van der Waals surface area contributed by atoms with E-state index < -0.39 is 0 Å². The number of hydrogen-bond donors (Lipinski definition) is 1. The fourth-order valence-electron chi connectivity index (χ4n) is 1.58. The Kier molecular flexibility index (Phi) is 5.22. The zero-order chi connectivity index (χ0) is 12.8. The molecule has 1 N–H and O–H groups in total. The van der Waals surface area contributed by atoms with E-state index in [1.165, 1.54) is 5.69 Å². The molecule has 0 bridgehead atoms. The molecule has 1 rings (SSSR count). The van der Waals surface area contributed by atoms with Crippen LogP contribution in [0.2, 0.25) is 0 Å². The maximum atomic E-state index is 11.5. The molecule has 4 nitrogen and oxygen atoms in total. The lowest BCUT2D eigenvalue weighted by atomic mass is 10.3. The van der Waals surface area contributed by atoms with Crippen LogP contribution in [-0.4, -0.2) is 35.5 Å². The van der Waals surface area contributed by atoms with Gasteiger partial charge in [-0.3, -0.25) is 4.79 Å². The summed E-state index contributed by atoms with van der Waals surface area (Å²) >= 11 is 0. The van der Waals surface area contributed by atoms with Crippen molar-refractivity contribution in [2.75, 3.05) is 14.1 Å². The Morgan fingerprint density at radius 1 is 1.47 bits per heavy atom. The normalized spacial score (nSPS) is 10.9. The summed E-state index contributed by atoms with van der Waals surface area (Å²) in [6.07, 6.45) is 2.58. The quantitative estimate of drug-likeness (QED) is 0.813. The second kappa shape index (κ2) is 6.45. The first-order chi connectivity index (χ1) is 8.00. The first-order valence-electron chi connectivity index (χ1n) is 6.08. The third kappa shape index (κ3) is 4.61. The number of aromatic nitrogens is 1. The summed E-state index contributed by atoms with van der Waals surface area (Å²) < 4.78 is 2.14. The second-order valence-corrected chi connectivity index (χ2v) is 4.77. The zero-order valence-corrected chi connectivity index (χ0v) is 11.2. The molecule has 0 saturated carbocycles. The Bertz CT molecular complexity index is 355. The van der Waals surface area contributed by atoms with Gasteiger partial charge in [0.2, 0.25) is 5.91 Å². The fraction of sp³-hybridized carbons (Fsp3) is 0.615. The number of nitrogens with zero attached hydrogens (tertiary/aromatic N) is 2. The highest BCUT2D eigenvalue weighted by Gasteiger charge is 2.06. The molecule has 0 aromatic carbocycles. The topological polar surface area (TPSA) is 37.3 Å². The molecule has 1 heterocycles. The van der Waals surface area contributed by atoms with Crippen molar-refractivity contribution in [3.63, 3.8) is 0 Å². The first-order valence-corrected chi connectivity index (χ1v) is 6.08. The van der Waals surface area contributed by atoms with Crippen LogP contribution >= 0.6 is 0 Å². The number of nitrogens with one attached hydrogen (secondary N) is 1. The van der Waals surface area contributed by atoms with Gasteiger partial charge in [0.1, 0.15) is 0 Å². The summed E-state index contributed by atoms with van der Waals surface area (Å²) in [4.78, 5) is 13.1. The highest BCUT2D eigenvalue weighted by Crippen LogP contribution is 2.04. The number of carbonyl (C=O) groups excluding carboxylic acids is 1. The predicted octanol–water partition coefficient (Wildman–Crippen LogP) is 1.46. The maximum Gasteiger partial charge on any atom is 0.223 e. The molecular formula is C13H23N3O. The van der Waals surface area contributed by atoms with Gasteiger partial charge in [-0.1, -0.05) is 13.8 Å². The van der Waals surface area contributed by atoms with Gasteiger partial charge in [-0.25, -0.2) is 0 Å². The van der Waals surface area contributed by atoms with Crippen molar-refractivity contribution in [3.8, 4) is 0 Å². The van der Waals surface area contributed by atoms with E-state index in [4.69, 9.17) is 0 Å². The van der Waals surface area contributed by atoms with Crippen molar-refractivity contribution >= 4 is 5.91 Å². The van der Waals surface area contributed by atoms with Crippen LogP contribution < -0.4 is 5.32 Å². The predicted molar refractivity (Wildman–Crippen MR) is 69.7 cm³/mol. The average Bonchev–Trinajstić information content (AvgIpc) is 2.70. The molecule has 0 atom stereocenters. The van der Waals surface area contributed by atoms with Crippen molar-refractivity contribution in [1.29, 1.82) is 0 Å². The van der Waals surface area contributed by atoms with Crippen LogP contribution in [0, 0.1) is 0 Å². The Labute approximate surface area is 104 Å². The minimum Gasteiger partial charge on any atom is -0.350 e. The average molecular weight is 237 g/mol. The summed E-state index contributed by atoms with van der Waals surface area (Å²) in [5.41, 5.74) is 1.23. The SMILES string of the molecule is CC(C)NCc1cccn1CCC(=O)N(C)C. The van der Waals surface area contributed by atoms with E-state index in [-0.39, 0.29) is 5.91 Å². The van der Waals surface area contributed by atoms with Crippen LogP contribution in [0.25, 0.3) is 0 Å². The van der Waals surface area contributed by atoms with Gasteiger partial charge in [0, 0.05) is 51.5 Å². The molecule has 0 aliphatic rings. The van der Waals surface area contributed by atoms with E-state index in [2.05, 4.69) is 29.8 Å². The van der Waals surface area contributed by atoms with Crippen LogP contribution in [0.15, 0.2) is 18.3 Å². The van der Waals surface area contributed by atoms with Crippen LogP contribution in [0.5, 0.6) is 0 Å². The van der Waals surface area contributed by atoms with Gasteiger partial charge >= 0.3 is 0 Å². The Morgan fingerprint density at radius 2 is 2.18 bits per heavy atom. The molecule has 0 saturated heterocycles. The molecule has 0 aliphatic carbocycles. The molecule has 1 aromatic heterocycles. The third-order valence-corrected chi connectivity index (χ3v) is 2.68. The van der Waals surface area contributed by atoms with Gasteiger partial charge < -0.3 is 14.8 Å². The first kappa shape index (κ1) is 13.8. The van der Waals surface area contributed by atoms with Crippen molar-refractivity contribution in [3.05, 3.63) is 24.0 Å². The molecule has 0 unspecified atom stereocenters. The largest absolute Gasteiger partial charge is 0.350 e. The molecule has 4 heteroatoms. The molecule has 0 radical (unpaired) electrons. The van der Waals surface area contributed by atoms with Crippen LogP contribution in [0.1, 0.15) is 26.0 Å². The number of rotatable bonds is 6. The Morgan fingerprint density at radius 3 is 2.76 bits per heavy atom. The number of hydrogen-bond acceptors (Lipinski definition) is 2. The van der Waals surface area contributed by atoms with Gasteiger partial charge in [-0.15, -0.1) is 0 Å². The number of aryl methyl sites for hydroxylation is 1. The van der Waals surface area contributed by atoms with Gasteiger partial charge in [0.15, 0.2) is 0 Å². The molecule has 96 valence electrons. The lowest BCUT2D eigenvalue weighted by Crippen LogP contribution is -2.25. The second-order valence-electron chi connectivity index (χ2n) is 4.77. The van der Waals surface area contributed by atoms with E-state index in [1.807, 2.05) is 12.3 Å². The van der Waals surface area contributed by atoms with Gasteiger partial charge in [-0.05, 0) is 12.1 Å². The van der Waals surface area contributed by atoms with E-state index in [1.54, 1.807) is 19.0 Å². The summed E-state index contributed by atoms with van der Waals surface area (Å²) in [5, 5.41) is 3.38.